The highest BCUT2D eigenvalue weighted by Crippen LogP contribution is 2.18. The number of aryl methyl sites for hydroxylation is 1. The van der Waals surface area contributed by atoms with Gasteiger partial charge in [-0.15, -0.1) is 0 Å². The second-order valence-corrected chi connectivity index (χ2v) is 7.02. The Bertz CT molecular complexity index is 548. The summed E-state index contributed by atoms with van der Waals surface area (Å²) in [4.78, 5) is 28.1. The second-order valence-electron chi connectivity index (χ2n) is 7.02. The van der Waals surface area contributed by atoms with Crippen molar-refractivity contribution in [1.82, 2.24) is 20.8 Å². The summed E-state index contributed by atoms with van der Waals surface area (Å²) in [5.74, 6) is 1.03. The van der Waals surface area contributed by atoms with Crippen molar-refractivity contribution in [3.05, 3.63) is 11.7 Å². The lowest BCUT2D eigenvalue weighted by atomic mass is 9.96. The van der Waals surface area contributed by atoms with Crippen LogP contribution in [0, 0.1) is 0 Å². The molecule has 7 nitrogen and oxygen atoms in total. The zero-order valence-electron chi connectivity index (χ0n) is 14.1. The fourth-order valence-electron chi connectivity index (χ4n) is 2.40. The third kappa shape index (κ3) is 5.33. The molecule has 1 fully saturated rings. The number of carbonyl (C=O) groups excluding carboxylic acids is 2. The van der Waals surface area contributed by atoms with E-state index in [1.54, 1.807) is 0 Å². The molecule has 0 aliphatic carbocycles. The summed E-state index contributed by atoms with van der Waals surface area (Å²) in [7, 11) is 0. The summed E-state index contributed by atoms with van der Waals surface area (Å²) in [5.41, 5.74) is -0.147. The van der Waals surface area contributed by atoms with Crippen molar-refractivity contribution in [2.45, 2.75) is 70.8 Å². The normalized spacial score (nSPS) is 19.1. The number of nitrogens with zero attached hydrogens (tertiary/aromatic N) is 2. The van der Waals surface area contributed by atoms with Crippen molar-refractivity contribution in [3.63, 3.8) is 0 Å². The molecule has 2 rings (SSSR count). The number of rotatable bonds is 5. The first kappa shape index (κ1) is 17.4. The number of nitrogens with one attached hydrogen (secondary N) is 2. The molecule has 0 unspecified atom stereocenters. The first-order valence-electron chi connectivity index (χ1n) is 8.26. The maximum Gasteiger partial charge on any atom is 0.242 e. The molecule has 2 amide bonds. The molecular weight excluding hydrogens is 296 g/mol. The van der Waals surface area contributed by atoms with E-state index in [1.165, 1.54) is 0 Å². The van der Waals surface area contributed by atoms with Gasteiger partial charge in [0.05, 0.1) is 0 Å². The van der Waals surface area contributed by atoms with Gasteiger partial charge in [0, 0.05) is 24.8 Å². The monoisotopic (exact) mass is 322 g/mol. The summed E-state index contributed by atoms with van der Waals surface area (Å²) in [6.07, 6.45) is 4.14. The first-order chi connectivity index (χ1) is 10.9. The third-order valence-electron chi connectivity index (χ3n) is 3.80. The van der Waals surface area contributed by atoms with Crippen molar-refractivity contribution in [2.24, 2.45) is 0 Å². The highest BCUT2D eigenvalue weighted by molar-refractivity contribution is 5.87. The van der Waals surface area contributed by atoms with E-state index in [-0.39, 0.29) is 17.2 Å². The average Bonchev–Trinajstić information content (AvgIpc) is 2.86. The van der Waals surface area contributed by atoms with Crippen LogP contribution in [0.4, 0.5) is 0 Å². The molecule has 0 saturated carbocycles. The van der Waals surface area contributed by atoms with E-state index < -0.39 is 6.04 Å². The number of aromatic nitrogens is 2. The predicted molar refractivity (Wildman–Crippen MR) is 84.7 cm³/mol. The summed E-state index contributed by atoms with van der Waals surface area (Å²) in [5, 5.41) is 9.58. The topological polar surface area (TPSA) is 97.1 Å². The van der Waals surface area contributed by atoms with Gasteiger partial charge in [-0.25, -0.2) is 0 Å². The van der Waals surface area contributed by atoms with Crippen molar-refractivity contribution < 1.29 is 14.1 Å². The summed E-state index contributed by atoms with van der Waals surface area (Å²) < 4.78 is 5.20. The molecule has 1 atom stereocenters. The van der Waals surface area contributed by atoms with Crippen LogP contribution in [0.25, 0.3) is 0 Å². The fourth-order valence-corrected chi connectivity index (χ4v) is 2.40. The van der Waals surface area contributed by atoms with Gasteiger partial charge in [-0.2, -0.15) is 4.98 Å². The standard InChI is InChI=1S/C16H26N4O3/c1-16(2,3)15-19-13(23-20-15)9-6-8-12(21)18-11-7-4-5-10-17-14(11)22/h11H,4-10H2,1-3H3,(H,17,22)(H,18,21)/t11-/m0/s1. The Hall–Kier alpha value is -1.92. The van der Waals surface area contributed by atoms with Crippen molar-refractivity contribution in [3.8, 4) is 0 Å². The van der Waals surface area contributed by atoms with Gasteiger partial charge in [-0.3, -0.25) is 9.59 Å². The maximum atomic E-state index is 12.0. The van der Waals surface area contributed by atoms with Crippen LogP contribution in [0.2, 0.25) is 0 Å². The minimum Gasteiger partial charge on any atom is -0.354 e. The molecule has 0 spiro atoms. The van der Waals surface area contributed by atoms with Crippen LogP contribution < -0.4 is 10.6 Å². The summed E-state index contributed by atoms with van der Waals surface area (Å²) >= 11 is 0. The molecule has 1 saturated heterocycles. The fraction of sp³-hybridized carbons (Fsp3) is 0.750. The second kappa shape index (κ2) is 7.57. The molecule has 0 aromatic carbocycles. The average molecular weight is 322 g/mol. The molecule has 1 aliphatic heterocycles. The van der Waals surface area contributed by atoms with Gasteiger partial charge in [-0.1, -0.05) is 25.9 Å². The van der Waals surface area contributed by atoms with E-state index in [4.69, 9.17) is 4.52 Å². The molecule has 2 heterocycles. The Morgan fingerprint density at radius 2 is 2.17 bits per heavy atom. The molecule has 0 radical (unpaired) electrons. The van der Waals surface area contributed by atoms with Crippen LogP contribution in [0.1, 0.15) is 64.6 Å². The van der Waals surface area contributed by atoms with Crippen LogP contribution in [0.3, 0.4) is 0 Å². The van der Waals surface area contributed by atoms with Gasteiger partial charge >= 0.3 is 0 Å². The van der Waals surface area contributed by atoms with Gasteiger partial charge in [-0.05, 0) is 25.7 Å². The minimum absolute atomic E-state index is 0.0810. The van der Waals surface area contributed by atoms with Crippen LogP contribution in [0.5, 0.6) is 0 Å². The van der Waals surface area contributed by atoms with Gasteiger partial charge in [0.1, 0.15) is 6.04 Å². The first-order valence-corrected chi connectivity index (χ1v) is 8.26. The van der Waals surface area contributed by atoms with Crippen LogP contribution >= 0.6 is 0 Å². The molecule has 7 heteroatoms. The Kier molecular flexibility index (Phi) is 5.74. The molecule has 2 N–H and O–H groups in total. The lowest BCUT2D eigenvalue weighted by Gasteiger charge is -2.14. The van der Waals surface area contributed by atoms with E-state index in [9.17, 15) is 9.59 Å². The van der Waals surface area contributed by atoms with Crippen LogP contribution in [0.15, 0.2) is 4.52 Å². The van der Waals surface area contributed by atoms with Gasteiger partial charge in [0.25, 0.3) is 0 Å². The van der Waals surface area contributed by atoms with Crippen molar-refractivity contribution in [1.29, 1.82) is 0 Å². The Morgan fingerprint density at radius 1 is 1.39 bits per heavy atom. The SMILES string of the molecule is CC(C)(C)c1noc(CCCC(=O)N[C@H]2CCCCNC2=O)n1. The van der Waals surface area contributed by atoms with Crippen molar-refractivity contribution in [2.75, 3.05) is 6.54 Å². The molecular formula is C16H26N4O3. The molecule has 1 aromatic heterocycles. The highest BCUT2D eigenvalue weighted by Gasteiger charge is 2.23. The predicted octanol–water partition coefficient (Wildman–Crippen LogP) is 1.47. The highest BCUT2D eigenvalue weighted by atomic mass is 16.5. The van der Waals surface area contributed by atoms with E-state index >= 15 is 0 Å². The minimum atomic E-state index is -0.402. The van der Waals surface area contributed by atoms with Crippen LogP contribution in [-0.2, 0) is 21.4 Å². The Morgan fingerprint density at radius 3 is 2.87 bits per heavy atom. The lowest BCUT2D eigenvalue weighted by Crippen LogP contribution is -2.45. The van der Waals surface area contributed by atoms with E-state index in [1.807, 2.05) is 20.8 Å². The molecule has 0 bridgehead atoms. The van der Waals surface area contributed by atoms with Crippen molar-refractivity contribution >= 4 is 11.8 Å². The summed E-state index contributed by atoms with van der Waals surface area (Å²) in [6.45, 7) is 6.76. The lowest BCUT2D eigenvalue weighted by molar-refractivity contribution is -0.128. The maximum absolute atomic E-state index is 12.0. The Labute approximate surface area is 136 Å². The smallest absolute Gasteiger partial charge is 0.242 e. The number of hydrogen-bond acceptors (Lipinski definition) is 5. The van der Waals surface area contributed by atoms with Gasteiger partial charge in [0.2, 0.25) is 17.7 Å². The quantitative estimate of drug-likeness (QED) is 0.855. The van der Waals surface area contributed by atoms with Crippen LogP contribution in [-0.4, -0.2) is 34.5 Å². The van der Waals surface area contributed by atoms with Gasteiger partial charge < -0.3 is 15.2 Å². The largest absolute Gasteiger partial charge is 0.354 e. The third-order valence-corrected chi connectivity index (χ3v) is 3.80. The van der Waals surface area contributed by atoms with Gasteiger partial charge in [0.15, 0.2) is 5.82 Å². The van der Waals surface area contributed by atoms with E-state index in [2.05, 4.69) is 20.8 Å². The Balaban J connectivity index is 1.74. The van der Waals surface area contributed by atoms with E-state index in [0.717, 1.165) is 12.8 Å². The number of amides is 2. The summed E-state index contributed by atoms with van der Waals surface area (Å²) in [6, 6.07) is -0.402. The zero-order valence-corrected chi connectivity index (χ0v) is 14.1. The zero-order chi connectivity index (χ0) is 16.9. The number of hydrogen-bond donors (Lipinski definition) is 2. The number of carbonyl (C=O) groups is 2. The molecule has 128 valence electrons. The molecule has 23 heavy (non-hydrogen) atoms. The van der Waals surface area contributed by atoms with E-state index in [0.29, 0.717) is 43.9 Å². The molecule has 1 aliphatic rings. The molecule has 1 aromatic rings.